The number of fused-ring (bicyclic) bond motifs is 1. The van der Waals surface area contributed by atoms with Crippen molar-refractivity contribution in [3.63, 3.8) is 0 Å². The Bertz CT molecular complexity index is 962. The number of methoxy groups -OCH3 is 1. The van der Waals surface area contributed by atoms with Gasteiger partial charge in [0.15, 0.2) is 0 Å². The number of aromatic amines is 1. The van der Waals surface area contributed by atoms with Crippen molar-refractivity contribution in [2.75, 3.05) is 7.11 Å². The zero-order valence-corrected chi connectivity index (χ0v) is 11.7. The smallest absolute Gasteiger partial charge is 0.345 e. The molecule has 6 heteroatoms. The van der Waals surface area contributed by atoms with Crippen LogP contribution in [0.3, 0.4) is 0 Å². The molecule has 2 heterocycles. The third-order valence-electron chi connectivity index (χ3n) is 3.38. The third kappa shape index (κ3) is 2.05. The van der Waals surface area contributed by atoms with E-state index in [1.807, 2.05) is 30.3 Å². The van der Waals surface area contributed by atoms with Crippen LogP contribution in [0, 0.1) is 11.3 Å². The van der Waals surface area contributed by atoms with E-state index in [-0.39, 0.29) is 5.56 Å². The number of benzene rings is 1. The second kappa shape index (κ2) is 5.22. The molecule has 22 heavy (non-hydrogen) atoms. The minimum Gasteiger partial charge on any atom is -0.465 e. The zero-order chi connectivity index (χ0) is 15.7. The Balaban J connectivity index is 2.32. The lowest BCUT2D eigenvalue weighted by Gasteiger charge is -2.00. The second-order valence-electron chi connectivity index (χ2n) is 4.64. The molecule has 0 amide bonds. The maximum absolute atomic E-state index is 12.0. The molecular weight excluding hydrogens is 282 g/mol. The van der Waals surface area contributed by atoms with E-state index in [0.717, 1.165) is 5.56 Å². The topological polar surface area (TPSA) is 87.4 Å². The van der Waals surface area contributed by atoms with Crippen LogP contribution in [0.5, 0.6) is 0 Å². The van der Waals surface area contributed by atoms with Gasteiger partial charge in [0.25, 0.3) is 5.56 Å². The monoisotopic (exact) mass is 293 g/mol. The molecule has 2 aromatic heterocycles. The van der Waals surface area contributed by atoms with Crippen LogP contribution in [0.15, 0.2) is 47.5 Å². The molecule has 0 spiro atoms. The predicted molar refractivity (Wildman–Crippen MR) is 79.5 cm³/mol. The Morgan fingerprint density at radius 2 is 2.00 bits per heavy atom. The highest BCUT2D eigenvalue weighted by atomic mass is 16.5. The highest BCUT2D eigenvalue weighted by Crippen LogP contribution is 2.26. The van der Waals surface area contributed by atoms with E-state index in [9.17, 15) is 14.9 Å². The Morgan fingerprint density at radius 3 is 2.64 bits per heavy atom. The van der Waals surface area contributed by atoms with Gasteiger partial charge in [0.1, 0.15) is 22.8 Å². The fourth-order valence-corrected chi connectivity index (χ4v) is 2.33. The van der Waals surface area contributed by atoms with Crippen LogP contribution in [0.2, 0.25) is 0 Å². The molecule has 0 fully saturated rings. The minimum atomic E-state index is -0.725. The molecule has 0 bridgehead atoms. The van der Waals surface area contributed by atoms with E-state index in [0.29, 0.717) is 16.8 Å². The number of carbonyl (C=O) groups is 1. The van der Waals surface area contributed by atoms with Crippen LogP contribution in [0.25, 0.3) is 16.8 Å². The van der Waals surface area contributed by atoms with Crippen molar-refractivity contribution in [2.24, 2.45) is 0 Å². The summed E-state index contributed by atoms with van der Waals surface area (Å²) in [5.41, 5.74) is 1.52. The van der Waals surface area contributed by atoms with Crippen molar-refractivity contribution in [2.45, 2.75) is 0 Å². The summed E-state index contributed by atoms with van der Waals surface area (Å²) in [6, 6.07) is 11.4. The summed E-state index contributed by atoms with van der Waals surface area (Å²) < 4.78 is 6.13. The number of nitrogens with one attached hydrogen (secondary N) is 1. The normalized spacial score (nSPS) is 10.4. The van der Waals surface area contributed by atoms with Crippen molar-refractivity contribution < 1.29 is 9.53 Å². The zero-order valence-electron chi connectivity index (χ0n) is 11.7. The van der Waals surface area contributed by atoms with E-state index in [2.05, 4.69) is 15.8 Å². The SMILES string of the molecule is COC(=O)c1cn2cc(-c3ccccc3)c(C#N)c2[nH]c1=O. The van der Waals surface area contributed by atoms with E-state index in [4.69, 9.17) is 0 Å². The molecule has 0 aliphatic rings. The molecule has 0 radical (unpaired) electrons. The number of ether oxygens (including phenoxy) is 1. The number of esters is 1. The van der Waals surface area contributed by atoms with Gasteiger partial charge in [-0.05, 0) is 5.56 Å². The number of rotatable bonds is 2. The number of hydrogen-bond acceptors (Lipinski definition) is 4. The molecule has 0 aliphatic carbocycles. The first kappa shape index (κ1) is 13.6. The third-order valence-corrected chi connectivity index (χ3v) is 3.38. The number of nitriles is 1. The van der Waals surface area contributed by atoms with Crippen molar-refractivity contribution >= 4 is 11.6 Å². The summed E-state index contributed by atoms with van der Waals surface area (Å²) in [5.74, 6) is -0.725. The molecule has 0 aliphatic heterocycles. The highest BCUT2D eigenvalue weighted by Gasteiger charge is 2.17. The lowest BCUT2D eigenvalue weighted by atomic mass is 10.1. The molecule has 0 atom stereocenters. The fourth-order valence-electron chi connectivity index (χ4n) is 2.33. The van der Waals surface area contributed by atoms with Crippen LogP contribution in [0.1, 0.15) is 15.9 Å². The molecule has 1 aromatic carbocycles. The van der Waals surface area contributed by atoms with E-state index < -0.39 is 11.5 Å². The number of H-pyrrole nitrogens is 1. The average molecular weight is 293 g/mol. The van der Waals surface area contributed by atoms with Gasteiger partial charge >= 0.3 is 5.97 Å². The molecule has 0 unspecified atom stereocenters. The van der Waals surface area contributed by atoms with Gasteiger partial charge in [-0.15, -0.1) is 0 Å². The van der Waals surface area contributed by atoms with Crippen molar-refractivity contribution in [3.05, 3.63) is 64.2 Å². The Morgan fingerprint density at radius 1 is 1.27 bits per heavy atom. The van der Waals surface area contributed by atoms with E-state index >= 15 is 0 Å². The van der Waals surface area contributed by atoms with Gasteiger partial charge < -0.3 is 14.1 Å². The molecule has 3 rings (SSSR count). The summed E-state index contributed by atoms with van der Waals surface area (Å²) in [6.45, 7) is 0. The maximum atomic E-state index is 12.0. The Hall–Kier alpha value is -3.33. The van der Waals surface area contributed by atoms with Gasteiger partial charge in [-0.1, -0.05) is 30.3 Å². The van der Waals surface area contributed by atoms with Gasteiger partial charge in [-0.3, -0.25) is 4.79 Å². The summed E-state index contributed by atoms with van der Waals surface area (Å²) in [7, 11) is 1.21. The molecular formula is C16H11N3O3. The minimum absolute atomic E-state index is 0.117. The first-order chi connectivity index (χ1) is 10.7. The second-order valence-corrected chi connectivity index (χ2v) is 4.64. The molecule has 0 saturated carbocycles. The Labute approximate surface area is 125 Å². The van der Waals surface area contributed by atoms with Gasteiger partial charge in [-0.2, -0.15) is 5.26 Å². The summed E-state index contributed by atoms with van der Waals surface area (Å²) in [5, 5.41) is 9.41. The quantitative estimate of drug-likeness (QED) is 0.731. The largest absolute Gasteiger partial charge is 0.465 e. The maximum Gasteiger partial charge on any atom is 0.345 e. The van der Waals surface area contributed by atoms with E-state index in [1.165, 1.54) is 13.3 Å². The first-order valence-corrected chi connectivity index (χ1v) is 6.47. The summed E-state index contributed by atoms with van der Waals surface area (Å²) in [4.78, 5) is 26.1. The van der Waals surface area contributed by atoms with Crippen LogP contribution < -0.4 is 5.56 Å². The summed E-state index contributed by atoms with van der Waals surface area (Å²) >= 11 is 0. The molecule has 3 aromatic rings. The van der Waals surface area contributed by atoms with Crippen LogP contribution in [0.4, 0.5) is 0 Å². The molecule has 6 nitrogen and oxygen atoms in total. The van der Waals surface area contributed by atoms with Crippen molar-refractivity contribution in [1.29, 1.82) is 5.26 Å². The lowest BCUT2D eigenvalue weighted by molar-refractivity contribution is 0.0598. The number of aromatic nitrogens is 2. The van der Waals surface area contributed by atoms with Gasteiger partial charge in [-0.25, -0.2) is 4.79 Å². The molecule has 108 valence electrons. The van der Waals surface area contributed by atoms with Crippen LogP contribution in [-0.4, -0.2) is 22.5 Å². The average Bonchev–Trinajstić information content (AvgIpc) is 2.91. The Kier molecular flexibility index (Phi) is 3.24. The van der Waals surface area contributed by atoms with Gasteiger partial charge in [0.05, 0.1) is 7.11 Å². The number of hydrogen-bond donors (Lipinski definition) is 1. The summed E-state index contributed by atoms with van der Waals surface area (Å²) in [6.07, 6.45) is 3.07. The molecule has 1 N–H and O–H groups in total. The van der Waals surface area contributed by atoms with Gasteiger partial charge in [0, 0.05) is 18.0 Å². The predicted octanol–water partition coefficient (Wildman–Crippen LogP) is 1.95. The van der Waals surface area contributed by atoms with Gasteiger partial charge in [0.2, 0.25) is 0 Å². The fraction of sp³-hybridized carbons (Fsp3) is 0.0625. The van der Waals surface area contributed by atoms with Crippen molar-refractivity contribution in [1.82, 2.24) is 9.38 Å². The highest BCUT2D eigenvalue weighted by molar-refractivity contribution is 5.89. The number of nitrogens with zero attached hydrogens (tertiary/aromatic N) is 2. The standard InChI is InChI=1S/C16H11N3O3/c1-22-16(21)13-9-19-8-12(10-5-3-2-4-6-10)11(7-17)14(19)18-15(13)20/h2-6,8-9H,1H3,(H,18,20). The van der Waals surface area contributed by atoms with Crippen LogP contribution >= 0.6 is 0 Å². The first-order valence-electron chi connectivity index (χ1n) is 6.47. The van der Waals surface area contributed by atoms with Crippen molar-refractivity contribution in [3.8, 4) is 17.2 Å². The lowest BCUT2D eigenvalue weighted by Crippen LogP contribution is -2.20. The molecule has 0 saturated heterocycles. The van der Waals surface area contributed by atoms with E-state index in [1.54, 1.807) is 10.6 Å². The number of carbonyl (C=O) groups excluding carboxylic acids is 1. The van der Waals surface area contributed by atoms with Crippen LogP contribution in [-0.2, 0) is 4.74 Å².